The van der Waals surface area contributed by atoms with E-state index in [1.807, 2.05) is 0 Å². The lowest BCUT2D eigenvalue weighted by Gasteiger charge is -2.18. The summed E-state index contributed by atoms with van der Waals surface area (Å²) in [6.07, 6.45) is 6.17. The molecule has 15 heavy (non-hydrogen) atoms. The van der Waals surface area contributed by atoms with E-state index in [2.05, 4.69) is 30.8 Å². The maximum atomic E-state index is 6.95. The molecule has 0 aliphatic rings. The van der Waals surface area contributed by atoms with E-state index in [-0.39, 0.29) is 0 Å². The molecule has 0 amide bonds. The molecule has 90 valence electrons. The van der Waals surface area contributed by atoms with E-state index in [1.165, 1.54) is 38.6 Å². The zero-order valence-electron chi connectivity index (χ0n) is 10.6. The van der Waals surface area contributed by atoms with Gasteiger partial charge in [-0.2, -0.15) is 0 Å². The van der Waals surface area contributed by atoms with Gasteiger partial charge in [0.2, 0.25) is 0 Å². The van der Waals surface area contributed by atoms with E-state index in [1.54, 1.807) is 0 Å². The Morgan fingerprint density at radius 3 is 1.93 bits per heavy atom. The normalized spacial score (nSPS) is 11.3. The molecule has 0 aromatic carbocycles. The Morgan fingerprint density at radius 2 is 1.47 bits per heavy atom. The molecule has 0 aromatic rings. The van der Waals surface area contributed by atoms with Gasteiger partial charge in [0.25, 0.3) is 0 Å². The lowest BCUT2D eigenvalue weighted by atomic mass is 10.2. The van der Waals surface area contributed by atoms with E-state index in [0.717, 1.165) is 19.5 Å². The van der Waals surface area contributed by atoms with Crippen LogP contribution in [-0.4, -0.2) is 56.3 Å². The molecule has 3 nitrogen and oxygen atoms in total. The fraction of sp³-hybridized carbons (Fsp3) is 0.917. The van der Waals surface area contributed by atoms with Gasteiger partial charge in [-0.1, -0.05) is 6.92 Å². The lowest BCUT2D eigenvalue weighted by molar-refractivity contribution is 0.297. The largest absolute Gasteiger partial charge is 0.313 e. The zero-order chi connectivity index (χ0) is 11.5. The second-order valence-corrected chi connectivity index (χ2v) is 4.31. The summed E-state index contributed by atoms with van der Waals surface area (Å²) in [4.78, 5) is 4.71. The molecule has 3 heteroatoms. The minimum absolute atomic E-state index is 0.881. The van der Waals surface area contributed by atoms with Gasteiger partial charge < -0.3 is 15.2 Å². The summed E-state index contributed by atoms with van der Waals surface area (Å²) in [5.41, 5.74) is 0. The van der Waals surface area contributed by atoms with Crippen LogP contribution in [0, 0.1) is 5.41 Å². The molecule has 0 aliphatic carbocycles. The SMILES string of the molecule is CCCN(C)CCCCN(C)CCC=N. The minimum Gasteiger partial charge on any atom is -0.313 e. The highest BCUT2D eigenvalue weighted by atomic mass is 15.1. The van der Waals surface area contributed by atoms with Crippen molar-refractivity contribution in [1.29, 1.82) is 5.41 Å². The van der Waals surface area contributed by atoms with Crippen LogP contribution < -0.4 is 0 Å². The molecular weight excluding hydrogens is 186 g/mol. The summed E-state index contributed by atoms with van der Waals surface area (Å²) in [5.74, 6) is 0. The smallest absolute Gasteiger partial charge is 0.00276 e. The highest BCUT2D eigenvalue weighted by molar-refractivity contribution is 5.52. The third-order valence-electron chi connectivity index (χ3n) is 2.59. The highest BCUT2D eigenvalue weighted by Crippen LogP contribution is 1.96. The fourth-order valence-corrected chi connectivity index (χ4v) is 1.65. The summed E-state index contributed by atoms with van der Waals surface area (Å²) in [6.45, 7) is 6.83. The van der Waals surface area contributed by atoms with Crippen LogP contribution in [0.1, 0.15) is 32.6 Å². The van der Waals surface area contributed by atoms with Crippen LogP contribution in [0.3, 0.4) is 0 Å². The maximum Gasteiger partial charge on any atom is 0.00276 e. The van der Waals surface area contributed by atoms with E-state index in [4.69, 9.17) is 5.41 Å². The van der Waals surface area contributed by atoms with Crippen LogP contribution in [-0.2, 0) is 0 Å². The first-order valence-corrected chi connectivity index (χ1v) is 6.06. The molecule has 0 radical (unpaired) electrons. The van der Waals surface area contributed by atoms with Crippen LogP contribution in [0.5, 0.6) is 0 Å². The Balaban J connectivity index is 3.25. The number of rotatable bonds is 10. The molecule has 0 saturated heterocycles. The van der Waals surface area contributed by atoms with Crippen LogP contribution >= 0.6 is 0 Å². The van der Waals surface area contributed by atoms with Crippen molar-refractivity contribution in [2.75, 3.05) is 40.3 Å². The molecule has 0 saturated carbocycles. The molecule has 0 spiro atoms. The van der Waals surface area contributed by atoms with E-state index >= 15 is 0 Å². The van der Waals surface area contributed by atoms with Gasteiger partial charge in [-0.15, -0.1) is 0 Å². The summed E-state index contributed by atoms with van der Waals surface area (Å²) < 4.78 is 0. The first-order valence-electron chi connectivity index (χ1n) is 6.06. The van der Waals surface area contributed by atoms with Gasteiger partial charge in [-0.25, -0.2) is 0 Å². The van der Waals surface area contributed by atoms with Crippen molar-refractivity contribution in [1.82, 2.24) is 9.80 Å². The van der Waals surface area contributed by atoms with Gasteiger partial charge in [0.1, 0.15) is 0 Å². The molecule has 0 atom stereocenters. The van der Waals surface area contributed by atoms with Crippen LogP contribution in [0.25, 0.3) is 0 Å². The topological polar surface area (TPSA) is 30.3 Å². The predicted octanol–water partition coefficient (Wildman–Crippen LogP) is 2.08. The first-order chi connectivity index (χ1) is 7.20. The molecule has 1 N–H and O–H groups in total. The monoisotopic (exact) mass is 213 g/mol. The Labute approximate surface area is 95.0 Å². The average Bonchev–Trinajstić information content (AvgIpc) is 2.22. The van der Waals surface area contributed by atoms with Gasteiger partial charge >= 0.3 is 0 Å². The number of nitrogens with one attached hydrogen (secondary N) is 1. The summed E-state index contributed by atoms with van der Waals surface area (Å²) in [7, 11) is 4.33. The van der Waals surface area contributed by atoms with Crippen LogP contribution in [0.4, 0.5) is 0 Å². The summed E-state index contributed by atoms with van der Waals surface area (Å²) >= 11 is 0. The summed E-state index contributed by atoms with van der Waals surface area (Å²) in [6, 6.07) is 0. The molecule has 0 fully saturated rings. The van der Waals surface area contributed by atoms with Gasteiger partial charge in [0, 0.05) is 6.54 Å². The van der Waals surface area contributed by atoms with Gasteiger partial charge in [0.15, 0.2) is 0 Å². The second kappa shape index (κ2) is 10.1. The molecule has 0 heterocycles. The quantitative estimate of drug-likeness (QED) is 0.445. The van der Waals surface area contributed by atoms with Crippen molar-refractivity contribution in [3.05, 3.63) is 0 Å². The van der Waals surface area contributed by atoms with Gasteiger partial charge in [-0.05, 0) is 65.6 Å². The molecule has 0 aliphatic heterocycles. The molecule has 0 aromatic heterocycles. The highest BCUT2D eigenvalue weighted by Gasteiger charge is 1.99. The summed E-state index contributed by atoms with van der Waals surface area (Å²) in [5, 5.41) is 6.95. The Bertz CT molecular complexity index is 148. The maximum absolute atomic E-state index is 6.95. The van der Waals surface area contributed by atoms with E-state index in [0.29, 0.717) is 0 Å². The van der Waals surface area contributed by atoms with Gasteiger partial charge in [-0.3, -0.25) is 0 Å². The van der Waals surface area contributed by atoms with Crippen LogP contribution in [0.2, 0.25) is 0 Å². The fourth-order valence-electron chi connectivity index (χ4n) is 1.65. The number of hydrogen-bond donors (Lipinski definition) is 1. The molecule has 0 unspecified atom stereocenters. The first kappa shape index (κ1) is 14.6. The minimum atomic E-state index is 0.881. The molecular formula is C12H27N3. The molecule has 0 bridgehead atoms. The number of hydrogen-bond acceptors (Lipinski definition) is 3. The van der Waals surface area contributed by atoms with Crippen molar-refractivity contribution < 1.29 is 0 Å². The zero-order valence-corrected chi connectivity index (χ0v) is 10.6. The predicted molar refractivity (Wildman–Crippen MR) is 67.9 cm³/mol. The van der Waals surface area contributed by atoms with Crippen molar-refractivity contribution in [2.45, 2.75) is 32.6 Å². The van der Waals surface area contributed by atoms with Crippen molar-refractivity contribution in [2.24, 2.45) is 0 Å². The molecule has 0 rings (SSSR count). The number of nitrogens with zero attached hydrogens (tertiary/aromatic N) is 2. The van der Waals surface area contributed by atoms with Crippen LogP contribution in [0.15, 0.2) is 0 Å². The lowest BCUT2D eigenvalue weighted by Crippen LogP contribution is -2.24. The third kappa shape index (κ3) is 9.88. The van der Waals surface area contributed by atoms with Gasteiger partial charge in [0.05, 0.1) is 0 Å². The van der Waals surface area contributed by atoms with E-state index < -0.39 is 0 Å². The second-order valence-electron chi connectivity index (χ2n) is 4.31. The van der Waals surface area contributed by atoms with E-state index in [9.17, 15) is 0 Å². The Hall–Kier alpha value is -0.410. The number of unbranched alkanes of at least 4 members (excludes halogenated alkanes) is 1. The Kier molecular flexibility index (Phi) is 9.84. The third-order valence-corrected chi connectivity index (χ3v) is 2.59. The average molecular weight is 213 g/mol. The standard InChI is InChI=1S/C12H27N3/c1-4-9-14(2)10-5-6-11-15(3)12-7-8-13/h8,13H,4-7,9-12H2,1-3H3. The Morgan fingerprint density at radius 1 is 0.933 bits per heavy atom. The van der Waals surface area contributed by atoms with Crippen molar-refractivity contribution in [3.8, 4) is 0 Å². The van der Waals surface area contributed by atoms with Crippen molar-refractivity contribution in [3.63, 3.8) is 0 Å². The van der Waals surface area contributed by atoms with Crippen molar-refractivity contribution >= 4 is 6.21 Å².